The van der Waals surface area contributed by atoms with E-state index in [0.29, 0.717) is 12.3 Å². The molecular weight excluding hydrogens is 338 g/mol. The standard InChI is InChI=1S/C22H31N3O2/c1-25(22(26)12-11-18-13-14-23-17-18)15-7-3-6-10-20-16-21(24-27-20)19-8-4-2-5-9-19/h2,4-5,8-9,16,18,23H,3,6-7,10-15,17H2,1H3. The van der Waals surface area contributed by atoms with Crippen molar-refractivity contribution in [3.63, 3.8) is 0 Å². The van der Waals surface area contributed by atoms with E-state index in [9.17, 15) is 4.79 Å². The Balaban J connectivity index is 1.29. The molecule has 0 aliphatic carbocycles. The maximum absolute atomic E-state index is 12.2. The SMILES string of the molecule is CN(CCCCCc1cc(-c2ccccc2)no1)C(=O)CCC1CCNC1. The second kappa shape index (κ2) is 10.3. The molecule has 1 saturated heterocycles. The number of benzene rings is 1. The van der Waals surface area contributed by atoms with Gasteiger partial charge in [0.15, 0.2) is 0 Å². The lowest BCUT2D eigenvalue weighted by atomic mass is 10.0. The Kier molecular flexibility index (Phi) is 7.45. The monoisotopic (exact) mass is 369 g/mol. The number of nitrogens with one attached hydrogen (secondary N) is 1. The molecular formula is C22H31N3O2. The van der Waals surface area contributed by atoms with Crippen molar-refractivity contribution in [2.24, 2.45) is 5.92 Å². The molecule has 1 unspecified atom stereocenters. The summed E-state index contributed by atoms with van der Waals surface area (Å²) in [5, 5.41) is 7.52. The topological polar surface area (TPSA) is 58.4 Å². The van der Waals surface area contributed by atoms with Gasteiger partial charge in [0, 0.05) is 38.1 Å². The number of amides is 1. The van der Waals surface area contributed by atoms with Crippen molar-refractivity contribution in [3.05, 3.63) is 42.2 Å². The maximum atomic E-state index is 12.2. The van der Waals surface area contributed by atoms with Gasteiger partial charge in [-0.3, -0.25) is 4.79 Å². The van der Waals surface area contributed by atoms with E-state index < -0.39 is 0 Å². The molecule has 1 aliphatic heterocycles. The van der Waals surface area contributed by atoms with Gasteiger partial charge < -0.3 is 14.7 Å². The Bertz CT molecular complexity index is 693. The molecule has 0 radical (unpaired) electrons. The van der Waals surface area contributed by atoms with E-state index in [1.54, 1.807) is 0 Å². The summed E-state index contributed by atoms with van der Waals surface area (Å²) in [6.07, 6.45) is 6.99. The zero-order valence-corrected chi connectivity index (χ0v) is 16.3. The van der Waals surface area contributed by atoms with Crippen LogP contribution in [0.15, 0.2) is 40.9 Å². The maximum Gasteiger partial charge on any atom is 0.222 e. The molecule has 1 N–H and O–H groups in total. The highest BCUT2D eigenvalue weighted by Crippen LogP contribution is 2.20. The molecule has 27 heavy (non-hydrogen) atoms. The quantitative estimate of drug-likeness (QED) is 0.645. The van der Waals surface area contributed by atoms with Gasteiger partial charge in [-0.2, -0.15) is 0 Å². The van der Waals surface area contributed by atoms with E-state index in [0.717, 1.165) is 68.8 Å². The number of aromatic nitrogens is 1. The molecule has 5 heteroatoms. The number of hydrogen-bond donors (Lipinski definition) is 1. The van der Waals surface area contributed by atoms with Gasteiger partial charge in [0.2, 0.25) is 5.91 Å². The molecule has 0 bridgehead atoms. The van der Waals surface area contributed by atoms with Gasteiger partial charge >= 0.3 is 0 Å². The summed E-state index contributed by atoms with van der Waals surface area (Å²) >= 11 is 0. The van der Waals surface area contributed by atoms with E-state index in [4.69, 9.17) is 4.52 Å². The van der Waals surface area contributed by atoms with Crippen molar-refractivity contribution in [1.82, 2.24) is 15.4 Å². The van der Waals surface area contributed by atoms with Gasteiger partial charge in [-0.05, 0) is 44.7 Å². The van der Waals surface area contributed by atoms with Crippen LogP contribution in [-0.2, 0) is 11.2 Å². The van der Waals surface area contributed by atoms with Gasteiger partial charge in [-0.25, -0.2) is 0 Å². The van der Waals surface area contributed by atoms with Crippen molar-refractivity contribution < 1.29 is 9.32 Å². The van der Waals surface area contributed by atoms with Crippen LogP contribution in [0.2, 0.25) is 0 Å². The fourth-order valence-electron chi connectivity index (χ4n) is 3.60. The molecule has 0 saturated carbocycles. The fourth-order valence-corrected chi connectivity index (χ4v) is 3.60. The lowest BCUT2D eigenvalue weighted by Gasteiger charge is -2.18. The Morgan fingerprint density at radius 2 is 2.11 bits per heavy atom. The van der Waals surface area contributed by atoms with Crippen LogP contribution in [-0.4, -0.2) is 42.6 Å². The highest BCUT2D eigenvalue weighted by molar-refractivity contribution is 5.75. The zero-order valence-electron chi connectivity index (χ0n) is 16.3. The van der Waals surface area contributed by atoms with Crippen molar-refractivity contribution in [3.8, 4) is 11.3 Å². The first kappa shape index (κ1) is 19.6. The van der Waals surface area contributed by atoms with Crippen LogP contribution in [0.4, 0.5) is 0 Å². The molecule has 1 aromatic heterocycles. The normalized spacial score (nSPS) is 16.6. The van der Waals surface area contributed by atoms with E-state index in [1.165, 1.54) is 6.42 Å². The largest absolute Gasteiger partial charge is 0.361 e. The average molecular weight is 370 g/mol. The molecule has 146 valence electrons. The second-order valence-corrected chi connectivity index (χ2v) is 7.57. The van der Waals surface area contributed by atoms with Gasteiger partial charge in [-0.15, -0.1) is 0 Å². The Morgan fingerprint density at radius 1 is 1.26 bits per heavy atom. The molecule has 2 heterocycles. The summed E-state index contributed by atoms with van der Waals surface area (Å²) in [5.41, 5.74) is 1.98. The summed E-state index contributed by atoms with van der Waals surface area (Å²) in [4.78, 5) is 14.1. The number of hydrogen-bond acceptors (Lipinski definition) is 4. The number of nitrogens with zero attached hydrogens (tertiary/aromatic N) is 2. The van der Waals surface area contributed by atoms with Crippen LogP contribution in [0.5, 0.6) is 0 Å². The van der Waals surface area contributed by atoms with E-state index in [2.05, 4.69) is 10.5 Å². The second-order valence-electron chi connectivity index (χ2n) is 7.57. The van der Waals surface area contributed by atoms with E-state index in [-0.39, 0.29) is 5.91 Å². The van der Waals surface area contributed by atoms with Crippen LogP contribution in [0, 0.1) is 5.92 Å². The first-order valence-electron chi connectivity index (χ1n) is 10.2. The summed E-state index contributed by atoms with van der Waals surface area (Å²) in [6, 6.07) is 12.1. The molecule has 5 nitrogen and oxygen atoms in total. The minimum atomic E-state index is 0.282. The Hall–Kier alpha value is -2.14. The molecule has 1 fully saturated rings. The lowest BCUT2D eigenvalue weighted by molar-refractivity contribution is -0.130. The zero-order chi connectivity index (χ0) is 18.9. The number of aryl methyl sites for hydroxylation is 1. The van der Waals surface area contributed by atoms with E-state index >= 15 is 0 Å². The van der Waals surface area contributed by atoms with Crippen LogP contribution >= 0.6 is 0 Å². The minimum Gasteiger partial charge on any atom is -0.361 e. The third-order valence-electron chi connectivity index (χ3n) is 5.40. The average Bonchev–Trinajstić information content (AvgIpc) is 3.38. The molecule has 0 spiro atoms. The fraction of sp³-hybridized carbons (Fsp3) is 0.545. The summed E-state index contributed by atoms with van der Waals surface area (Å²) in [6.45, 7) is 3.02. The summed E-state index contributed by atoms with van der Waals surface area (Å²) < 4.78 is 5.45. The van der Waals surface area contributed by atoms with Crippen molar-refractivity contribution in [1.29, 1.82) is 0 Å². The van der Waals surface area contributed by atoms with Crippen LogP contribution in [0.3, 0.4) is 0 Å². The van der Waals surface area contributed by atoms with Crippen LogP contribution < -0.4 is 5.32 Å². The molecule has 1 amide bonds. The highest BCUT2D eigenvalue weighted by atomic mass is 16.5. The van der Waals surface area contributed by atoms with Gasteiger partial charge in [-0.1, -0.05) is 41.9 Å². The number of unbranched alkanes of at least 4 members (excludes halogenated alkanes) is 2. The first-order chi connectivity index (χ1) is 13.2. The van der Waals surface area contributed by atoms with Crippen LogP contribution in [0.25, 0.3) is 11.3 Å². The number of carbonyl (C=O) groups is 1. The molecule has 1 atom stereocenters. The molecule has 2 aromatic rings. The number of rotatable bonds is 10. The minimum absolute atomic E-state index is 0.282. The summed E-state index contributed by atoms with van der Waals surface area (Å²) in [5.74, 6) is 1.90. The molecule has 3 rings (SSSR count). The van der Waals surface area contributed by atoms with E-state index in [1.807, 2.05) is 48.3 Å². The Labute approximate surface area is 162 Å². The molecule has 1 aliphatic rings. The third-order valence-corrected chi connectivity index (χ3v) is 5.40. The molecule has 1 aromatic carbocycles. The predicted molar refractivity (Wildman–Crippen MR) is 107 cm³/mol. The number of carbonyl (C=O) groups excluding carboxylic acids is 1. The van der Waals surface area contributed by atoms with Crippen molar-refractivity contribution in [2.75, 3.05) is 26.7 Å². The van der Waals surface area contributed by atoms with Crippen molar-refractivity contribution in [2.45, 2.75) is 44.9 Å². The lowest BCUT2D eigenvalue weighted by Crippen LogP contribution is -2.28. The summed E-state index contributed by atoms with van der Waals surface area (Å²) in [7, 11) is 1.93. The smallest absolute Gasteiger partial charge is 0.222 e. The van der Waals surface area contributed by atoms with Crippen molar-refractivity contribution >= 4 is 5.91 Å². The van der Waals surface area contributed by atoms with Crippen LogP contribution in [0.1, 0.15) is 44.3 Å². The van der Waals surface area contributed by atoms with Gasteiger partial charge in [0.25, 0.3) is 0 Å². The van der Waals surface area contributed by atoms with Gasteiger partial charge in [0.1, 0.15) is 11.5 Å². The first-order valence-corrected chi connectivity index (χ1v) is 10.2. The Morgan fingerprint density at radius 3 is 2.89 bits per heavy atom. The van der Waals surface area contributed by atoms with Gasteiger partial charge in [0.05, 0.1) is 0 Å². The third kappa shape index (κ3) is 6.21. The highest BCUT2D eigenvalue weighted by Gasteiger charge is 2.17. The predicted octanol–water partition coefficient (Wildman–Crippen LogP) is 3.90.